The highest BCUT2D eigenvalue weighted by Crippen LogP contribution is 2.16. The molecule has 27 heavy (non-hydrogen) atoms. The van der Waals surface area contributed by atoms with Gasteiger partial charge in [0.2, 0.25) is 15.9 Å². The Morgan fingerprint density at radius 3 is 2.37 bits per heavy atom. The van der Waals surface area contributed by atoms with Gasteiger partial charge in [0, 0.05) is 25.7 Å². The summed E-state index contributed by atoms with van der Waals surface area (Å²) in [5.41, 5.74) is 2.70. The Kier molecular flexibility index (Phi) is 6.26. The Morgan fingerprint density at radius 1 is 1.04 bits per heavy atom. The van der Waals surface area contributed by atoms with Crippen molar-refractivity contribution in [2.24, 2.45) is 0 Å². The molecule has 2 N–H and O–H groups in total. The van der Waals surface area contributed by atoms with Gasteiger partial charge in [0.1, 0.15) is 0 Å². The predicted molar refractivity (Wildman–Crippen MR) is 106 cm³/mol. The Labute approximate surface area is 160 Å². The molecule has 1 saturated heterocycles. The Bertz CT molecular complexity index is 889. The summed E-state index contributed by atoms with van der Waals surface area (Å²) in [6.07, 6.45) is 2.50. The summed E-state index contributed by atoms with van der Waals surface area (Å²) in [5.74, 6) is -0.197. The van der Waals surface area contributed by atoms with Crippen molar-refractivity contribution in [2.75, 3.05) is 18.4 Å². The highest BCUT2D eigenvalue weighted by atomic mass is 32.2. The molecule has 0 aliphatic carbocycles. The second kappa shape index (κ2) is 8.65. The first-order valence-corrected chi connectivity index (χ1v) is 10.6. The molecule has 7 heteroatoms. The average molecular weight is 388 g/mol. The monoisotopic (exact) mass is 387 g/mol. The molecule has 1 aliphatic rings. The maximum atomic E-state index is 12.5. The van der Waals surface area contributed by atoms with Gasteiger partial charge < -0.3 is 5.32 Å². The third-order valence-electron chi connectivity index (χ3n) is 4.55. The number of hydrogen-bond donors (Lipinski definition) is 2. The number of likely N-dealkylation sites (tertiary alicyclic amines) is 1. The molecule has 2 aromatic carbocycles. The zero-order valence-electron chi connectivity index (χ0n) is 15.4. The number of rotatable bonds is 7. The standard InChI is InChI=1S/C20H25N3O3S/c1-16(24)22-19-7-9-20(10-8-19)27(25,26)21-14-17-5-4-6-18(13-17)15-23-11-2-3-12-23/h4-10,13,21H,2-3,11-12,14-15H2,1H3,(H,22,24). The number of anilines is 1. The van der Waals surface area contributed by atoms with Gasteiger partial charge >= 0.3 is 0 Å². The zero-order chi connectivity index (χ0) is 19.3. The number of carbonyl (C=O) groups is 1. The van der Waals surface area contributed by atoms with Gasteiger partial charge in [0.25, 0.3) is 0 Å². The van der Waals surface area contributed by atoms with Crippen LogP contribution in [0.4, 0.5) is 5.69 Å². The van der Waals surface area contributed by atoms with E-state index < -0.39 is 10.0 Å². The number of benzene rings is 2. The lowest BCUT2D eigenvalue weighted by Crippen LogP contribution is -2.23. The van der Waals surface area contributed by atoms with Crippen LogP contribution < -0.4 is 10.0 Å². The van der Waals surface area contributed by atoms with Gasteiger partial charge in [-0.1, -0.05) is 24.3 Å². The number of sulfonamides is 1. The summed E-state index contributed by atoms with van der Waals surface area (Å²) in [6, 6.07) is 14.2. The van der Waals surface area contributed by atoms with Gasteiger partial charge in [-0.15, -0.1) is 0 Å². The summed E-state index contributed by atoms with van der Waals surface area (Å²) >= 11 is 0. The molecule has 3 rings (SSSR count). The largest absolute Gasteiger partial charge is 0.326 e. The van der Waals surface area contributed by atoms with Crippen molar-refractivity contribution >= 4 is 21.6 Å². The van der Waals surface area contributed by atoms with E-state index in [1.54, 1.807) is 12.1 Å². The minimum absolute atomic E-state index is 0.171. The third-order valence-corrected chi connectivity index (χ3v) is 5.96. The number of nitrogens with zero attached hydrogens (tertiary/aromatic N) is 1. The highest BCUT2D eigenvalue weighted by Gasteiger charge is 2.15. The topological polar surface area (TPSA) is 78.5 Å². The minimum Gasteiger partial charge on any atom is -0.326 e. The molecule has 1 fully saturated rings. The number of carbonyl (C=O) groups excluding carboxylic acids is 1. The molecule has 0 aromatic heterocycles. The highest BCUT2D eigenvalue weighted by molar-refractivity contribution is 7.89. The lowest BCUT2D eigenvalue weighted by molar-refractivity contribution is -0.114. The van der Waals surface area contributed by atoms with E-state index >= 15 is 0 Å². The van der Waals surface area contributed by atoms with Gasteiger partial charge in [-0.05, 0) is 61.3 Å². The van der Waals surface area contributed by atoms with E-state index in [-0.39, 0.29) is 17.3 Å². The van der Waals surface area contributed by atoms with Gasteiger partial charge in [-0.2, -0.15) is 0 Å². The molecule has 0 spiro atoms. The molecular formula is C20H25N3O3S. The van der Waals surface area contributed by atoms with Crippen molar-refractivity contribution in [3.8, 4) is 0 Å². The minimum atomic E-state index is -3.61. The normalized spacial score (nSPS) is 15.0. The maximum Gasteiger partial charge on any atom is 0.240 e. The lowest BCUT2D eigenvalue weighted by atomic mass is 10.1. The molecule has 0 radical (unpaired) electrons. The van der Waals surface area contributed by atoms with Crippen LogP contribution in [0.1, 0.15) is 30.9 Å². The summed E-state index contributed by atoms with van der Waals surface area (Å²) in [4.78, 5) is 13.6. The van der Waals surface area contributed by atoms with Crippen LogP contribution in [0.2, 0.25) is 0 Å². The van der Waals surface area contributed by atoms with Crippen molar-refractivity contribution < 1.29 is 13.2 Å². The fraction of sp³-hybridized carbons (Fsp3) is 0.350. The molecule has 144 valence electrons. The zero-order valence-corrected chi connectivity index (χ0v) is 16.3. The van der Waals surface area contributed by atoms with Gasteiger partial charge in [0.05, 0.1) is 4.90 Å². The second-order valence-electron chi connectivity index (χ2n) is 6.83. The summed E-state index contributed by atoms with van der Waals surface area (Å²) in [5, 5.41) is 2.62. The van der Waals surface area contributed by atoms with Crippen LogP contribution in [0.25, 0.3) is 0 Å². The van der Waals surface area contributed by atoms with Gasteiger partial charge in [-0.25, -0.2) is 13.1 Å². The molecule has 6 nitrogen and oxygen atoms in total. The van der Waals surface area contributed by atoms with E-state index in [0.717, 1.165) is 25.2 Å². The van der Waals surface area contributed by atoms with Crippen LogP contribution >= 0.6 is 0 Å². The van der Waals surface area contributed by atoms with Crippen LogP contribution in [0.5, 0.6) is 0 Å². The lowest BCUT2D eigenvalue weighted by Gasteiger charge is -2.15. The van der Waals surface area contributed by atoms with E-state index in [9.17, 15) is 13.2 Å². The first-order valence-electron chi connectivity index (χ1n) is 9.10. The summed E-state index contributed by atoms with van der Waals surface area (Å²) < 4.78 is 27.6. The van der Waals surface area contributed by atoms with Gasteiger partial charge in [0.15, 0.2) is 0 Å². The molecule has 0 atom stereocenters. The van der Waals surface area contributed by atoms with Crippen molar-refractivity contribution in [3.05, 3.63) is 59.7 Å². The molecule has 1 amide bonds. The van der Waals surface area contributed by atoms with Crippen LogP contribution in [0.3, 0.4) is 0 Å². The Morgan fingerprint density at radius 2 is 1.70 bits per heavy atom. The van der Waals surface area contributed by atoms with Crippen LogP contribution in [0, 0.1) is 0 Å². The molecule has 0 saturated carbocycles. The van der Waals surface area contributed by atoms with Crippen molar-refractivity contribution in [1.29, 1.82) is 0 Å². The van der Waals surface area contributed by atoms with E-state index in [1.165, 1.54) is 37.5 Å². The first kappa shape index (κ1) is 19.5. The molecular weight excluding hydrogens is 362 g/mol. The second-order valence-corrected chi connectivity index (χ2v) is 8.60. The Hall–Kier alpha value is -2.22. The fourth-order valence-corrected chi connectivity index (χ4v) is 4.24. The molecule has 2 aromatic rings. The quantitative estimate of drug-likeness (QED) is 0.766. The maximum absolute atomic E-state index is 12.5. The Balaban J connectivity index is 1.62. The van der Waals surface area contributed by atoms with E-state index in [1.807, 2.05) is 12.1 Å². The van der Waals surface area contributed by atoms with Gasteiger partial charge in [-0.3, -0.25) is 9.69 Å². The smallest absolute Gasteiger partial charge is 0.240 e. The first-order chi connectivity index (χ1) is 12.9. The molecule has 0 unspecified atom stereocenters. The third kappa shape index (κ3) is 5.63. The molecule has 1 aliphatic heterocycles. The van der Waals surface area contributed by atoms with Crippen molar-refractivity contribution in [3.63, 3.8) is 0 Å². The van der Waals surface area contributed by atoms with E-state index in [2.05, 4.69) is 27.1 Å². The van der Waals surface area contributed by atoms with E-state index in [4.69, 9.17) is 0 Å². The number of amides is 1. The molecule has 1 heterocycles. The van der Waals surface area contributed by atoms with E-state index in [0.29, 0.717) is 5.69 Å². The van der Waals surface area contributed by atoms with Crippen molar-refractivity contribution in [1.82, 2.24) is 9.62 Å². The van der Waals surface area contributed by atoms with Crippen LogP contribution in [-0.4, -0.2) is 32.3 Å². The fourth-order valence-electron chi connectivity index (χ4n) is 3.22. The van der Waals surface area contributed by atoms with Crippen molar-refractivity contribution in [2.45, 2.75) is 37.8 Å². The average Bonchev–Trinajstić information content (AvgIpc) is 3.13. The number of nitrogens with one attached hydrogen (secondary N) is 2. The van der Waals surface area contributed by atoms with Crippen LogP contribution in [-0.2, 0) is 27.9 Å². The van der Waals surface area contributed by atoms with Crippen LogP contribution in [0.15, 0.2) is 53.4 Å². The summed E-state index contributed by atoms with van der Waals surface area (Å²) in [7, 11) is -3.61. The predicted octanol–water partition coefficient (Wildman–Crippen LogP) is 2.72. The SMILES string of the molecule is CC(=O)Nc1ccc(S(=O)(=O)NCc2cccc(CN3CCCC3)c2)cc1. The molecule has 0 bridgehead atoms. The summed E-state index contributed by atoms with van der Waals surface area (Å²) in [6.45, 7) is 4.82. The number of hydrogen-bond acceptors (Lipinski definition) is 4.